The van der Waals surface area contributed by atoms with E-state index in [4.69, 9.17) is 0 Å². The second-order valence-electron chi connectivity index (χ2n) is 10.4. The van der Waals surface area contributed by atoms with Gasteiger partial charge in [-0.2, -0.15) is 0 Å². The van der Waals surface area contributed by atoms with Crippen molar-refractivity contribution in [3.8, 4) is 11.1 Å². The van der Waals surface area contributed by atoms with Gasteiger partial charge in [-0.1, -0.05) is 99.5 Å². The van der Waals surface area contributed by atoms with Crippen LogP contribution in [0.5, 0.6) is 0 Å². The standard InChI is InChI=1S/C35H38/c1-5-13-30(26-15-9-7-10-16-26)32-22-34-28(19-24(32)3)21-29-20-25(4)33(23-35(29)34)31(14-6-2)27-17-11-8-12-18-27/h7-12,15-20,22-23,30-31H,5-6,13-14,21H2,1-4H3. The van der Waals surface area contributed by atoms with Crippen LogP contribution in [0.3, 0.4) is 0 Å². The Balaban J connectivity index is 1.62. The van der Waals surface area contributed by atoms with Crippen LogP contribution in [0.25, 0.3) is 11.1 Å². The zero-order chi connectivity index (χ0) is 24.4. The monoisotopic (exact) mass is 458 g/mol. The first-order valence-corrected chi connectivity index (χ1v) is 13.5. The molecule has 0 N–H and O–H groups in total. The third kappa shape index (κ3) is 4.59. The fraction of sp³-hybridized carbons (Fsp3) is 0.314. The SMILES string of the molecule is CCCC(c1ccccc1)c1cc2c(cc1C)Cc1cc(C)c(C(CCC)c3ccccc3)cc1-2. The molecule has 0 aliphatic heterocycles. The Labute approximate surface area is 212 Å². The minimum absolute atomic E-state index is 0.456. The Morgan fingerprint density at radius 3 is 1.34 bits per heavy atom. The van der Waals surface area contributed by atoms with E-state index in [1.807, 2.05) is 0 Å². The van der Waals surface area contributed by atoms with E-state index in [1.54, 1.807) is 0 Å². The van der Waals surface area contributed by atoms with Crippen molar-refractivity contribution in [1.82, 2.24) is 0 Å². The molecular weight excluding hydrogens is 420 g/mol. The van der Waals surface area contributed by atoms with Gasteiger partial charge in [0.2, 0.25) is 0 Å². The Hall–Kier alpha value is -3.12. The summed E-state index contributed by atoms with van der Waals surface area (Å²) in [4.78, 5) is 0. The van der Waals surface area contributed by atoms with Gasteiger partial charge in [0, 0.05) is 11.8 Å². The molecule has 0 radical (unpaired) electrons. The van der Waals surface area contributed by atoms with E-state index in [0.717, 1.165) is 6.42 Å². The summed E-state index contributed by atoms with van der Waals surface area (Å²) < 4.78 is 0. The molecule has 1 aliphatic carbocycles. The van der Waals surface area contributed by atoms with Crippen molar-refractivity contribution < 1.29 is 0 Å². The summed E-state index contributed by atoms with van der Waals surface area (Å²) in [6, 6.07) is 32.2. The highest BCUT2D eigenvalue weighted by molar-refractivity contribution is 5.79. The van der Waals surface area contributed by atoms with Crippen molar-refractivity contribution in [3.05, 3.63) is 129 Å². The smallest absolute Gasteiger partial charge is 0.00920 e. The maximum atomic E-state index is 2.54. The Bertz CT molecular complexity index is 1190. The lowest BCUT2D eigenvalue weighted by atomic mass is 9.82. The first-order valence-electron chi connectivity index (χ1n) is 13.5. The summed E-state index contributed by atoms with van der Waals surface area (Å²) in [5, 5.41) is 0. The minimum Gasteiger partial charge on any atom is -0.0653 e. The van der Waals surface area contributed by atoms with Crippen LogP contribution in [0.15, 0.2) is 84.9 Å². The zero-order valence-electron chi connectivity index (χ0n) is 21.8. The lowest BCUT2D eigenvalue weighted by molar-refractivity contribution is 0.694. The summed E-state index contributed by atoms with van der Waals surface area (Å²) in [5.74, 6) is 0.912. The predicted molar refractivity (Wildman–Crippen MR) is 151 cm³/mol. The van der Waals surface area contributed by atoms with Crippen molar-refractivity contribution in [1.29, 1.82) is 0 Å². The third-order valence-electron chi connectivity index (χ3n) is 7.96. The number of fused-ring (bicyclic) bond motifs is 3. The van der Waals surface area contributed by atoms with Gasteiger partial charge < -0.3 is 0 Å². The van der Waals surface area contributed by atoms with Crippen LogP contribution in [-0.4, -0.2) is 0 Å². The number of aryl methyl sites for hydroxylation is 2. The summed E-state index contributed by atoms with van der Waals surface area (Å²) in [6.07, 6.45) is 5.79. The molecule has 0 bridgehead atoms. The van der Waals surface area contributed by atoms with Crippen LogP contribution in [0.4, 0.5) is 0 Å². The molecule has 0 saturated heterocycles. The van der Waals surface area contributed by atoms with Crippen molar-refractivity contribution in [2.75, 3.05) is 0 Å². The largest absolute Gasteiger partial charge is 0.0653 e. The lowest BCUT2D eigenvalue weighted by Gasteiger charge is -2.22. The highest BCUT2D eigenvalue weighted by Gasteiger charge is 2.26. The molecule has 178 valence electrons. The molecule has 4 aromatic carbocycles. The predicted octanol–water partition coefficient (Wildman–Crippen LogP) is 9.74. The normalized spacial score (nSPS) is 13.8. The van der Waals surface area contributed by atoms with Crippen LogP contribution >= 0.6 is 0 Å². The lowest BCUT2D eigenvalue weighted by Crippen LogP contribution is -2.05. The average molecular weight is 459 g/mol. The van der Waals surface area contributed by atoms with Crippen LogP contribution < -0.4 is 0 Å². The van der Waals surface area contributed by atoms with E-state index >= 15 is 0 Å². The van der Waals surface area contributed by atoms with Crippen molar-refractivity contribution in [2.45, 2.75) is 71.6 Å². The zero-order valence-corrected chi connectivity index (χ0v) is 21.8. The second kappa shape index (κ2) is 10.2. The first kappa shape index (κ1) is 23.6. The molecule has 5 rings (SSSR count). The fourth-order valence-corrected chi connectivity index (χ4v) is 6.27. The van der Waals surface area contributed by atoms with E-state index in [-0.39, 0.29) is 0 Å². The van der Waals surface area contributed by atoms with Gasteiger partial charge in [0.15, 0.2) is 0 Å². The molecule has 0 nitrogen and oxygen atoms in total. The van der Waals surface area contributed by atoms with E-state index < -0.39 is 0 Å². The van der Waals surface area contributed by atoms with E-state index in [9.17, 15) is 0 Å². The quantitative estimate of drug-likeness (QED) is 0.217. The van der Waals surface area contributed by atoms with Gasteiger partial charge in [-0.15, -0.1) is 0 Å². The topological polar surface area (TPSA) is 0 Å². The summed E-state index contributed by atoms with van der Waals surface area (Å²) in [5.41, 5.74) is 14.7. The Kier molecular flexibility index (Phi) is 6.91. The minimum atomic E-state index is 0.456. The van der Waals surface area contributed by atoms with E-state index in [0.29, 0.717) is 11.8 Å². The maximum Gasteiger partial charge on any atom is 0.00920 e. The van der Waals surface area contributed by atoms with E-state index in [2.05, 4.69) is 113 Å². The molecule has 4 aromatic rings. The van der Waals surface area contributed by atoms with Crippen molar-refractivity contribution in [2.24, 2.45) is 0 Å². The molecular formula is C35H38. The Morgan fingerprint density at radius 1 is 0.571 bits per heavy atom. The highest BCUT2D eigenvalue weighted by Crippen LogP contribution is 2.44. The van der Waals surface area contributed by atoms with Gasteiger partial charge in [0.25, 0.3) is 0 Å². The number of hydrogen-bond acceptors (Lipinski definition) is 0. The van der Waals surface area contributed by atoms with Crippen LogP contribution in [0.1, 0.15) is 95.9 Å². The van der Waals surface area contributed by atoms with Crippen molar-refractivity contribution in [3.63, 3.8) is 0 Å². The van der Waals surface area contributed by atoms with Crippen LogP contribution in [0.2, 0.25) is 0 Å². The van der Waals surface area contributed by atoms with Crippen LogP contribution in [-0.2, 0) is 6.42 Å². The fourth-order valence-electron chi connectivity index (χ4n) is 6.27. The first-order chi connectivity index (χ1) is 17.1. The molecule has 0 spiro atoms. The molecule has 0 fully saturated rings. The molecule has 0 aromatic heterocycles. The number of rotatable bonds is 8. The molecule has 1 aliphatic rings. The molecule has 0 heteroatoms. The summed E-state index contributed by atoms with van der Waals surface area (Å²) in [7, 11) is 0. The summed E-state index contributed by atoms with van der Waals surface area (Å²) in [6.45, 7) is 9.24. The summed E-state index contributed by atoms with van der Waals surface area (Å²) >= 11 is 0. The molecule has 0 amide bonds. The van der Waals surface area contributed by atoms with Gasteiger partial charge in [0.05, 0.1) is 0 Å². The number of hydrogen-bond donors (Lipinski definition) is 0. The second-order valence-corrected chi connectivity index (χ2v) is 10.4. The van der Waals surface area contributed by atoms with Gasteiger partial charge >= 0.3 is 0 Å². The maximum absolute atomic E-state index is 2.54. The van der Waals surface area contributed by atoms with Crippen molar-refractivity contribution >= 4 is 0 Å². The third-order valence-corrected chi connectivity index (χ3v) is 7.96. The van der Waals surface area contributed by atoms with E-state index in [1.165, 1.54) is 81.3 Å². The molecule has 0 heterocycles. The molecule has 35 heavy (non-hydrogen) atoms. The molecule has 0 saturated carbocycles. The van der Waals surface area contributed by atoms with Gasteiger partial charge in [-0.25, -0.2) is 0 Å². The average Bonchev–Trinajstić information content (AvgIpc) is 3.22. The van der Waals surface area contributed by atoms with Gasteiger partial charge in [0.1, 0.15) is 0 Å². The molecule has 2 atom stereocenters. The Morgan fingerprint density at radius 2 is 0.971 bits per heavy atom. The highest BCUT2D eigenvalue weighted by atomic mass is 14.3. The number of benzene rings is 4. The van der Waals surface area contributed by atoms with Crippen LogP contribution in [0, 0.1) is 13.8 Å². The molecule has 2 unspecified atom stereocenters. The van der Waals surface area contributed by atoms with Gasteiger partial charge in [-0.3, -0.25) is 0 Å². The van der Waals surface area contributed by atoms with Gasteiger partial charge in [-0.05, 0) is 101 Å².